The Morgan fingerprint density at radius 2 is 2.05 bits per heavy atom. The van der Waals surface area contributed by atoms with Crippen molar-refractivity contribution in [2.45, 2.75) is 13.1 Å². The molecule has 0 unspecified atom stereocenters. The summed E-state index contributed by atoms with van der Waals surface area (Å²) < 4.78 is 19.7. The van der Waals surface area contributed by atoms with Crippen LogP contribution in [-0.2, 0) is 13.1 Å². The summed E-state index contributed by atoms with van der Waals surface area (Å²) in [6.45, 7) is 1.45. The van der Waals surface area contributed by atoms with Crippen LogP contribution in [0.15, 0.2) is 45.9 Å². The first-order valence-corrected chi connectivity index (χ1v) is 7.34. The highest BCUT2D eigenvalue weighted by Gasteiger charge is 2.16. The first-order chi connectivity index (χ1) is 10.2. The lowest BCUT2D eigenvalue weighted by atomic mass is 10.1. The van der Waals surface area contributed by atoms with E-state index < -0.39 is 0 Å². The molecule has 0 bridgehead atoms. The lowest BCUT2D eigenvalue weighted by molar-refractivity contribution is 0.380. The van der Waals surface area contributed by atoms with Gasteiger partial charge in [0.2, 0.25) is 0 Å². The zero-order valence-electron chi connectivity index (χ0n) is 11.5. The first kappa shape index (κ1) is 14.1. The zero-order chi connectivity index (χ0) is 14.8. The molecule has 0 fully saturated rings. The summed E-state index contributed by atoms with van der Waals surface area (Å²) in [7, 11) is 1.47. The fourth-order valence-electron chi connectivity index (χ4n) is 2.31. The third-order valence-corrected chi connectivity index (χ3v) is 3.91. The zero-order valence-corrected chi connectivity index (χ0v) is 13.1. The van der Waals surface area contributed by atoms with Crippen molar-refractivity contribution in [1.29, 1.82) is 0 Å². The Morgan fingerprint density at radius 3 is 2.76 bits per heavy atom. The number of benzene rings is 2. The molecule has 3 rings (SSSR count). The van der Waals surface area contributed by atoms with Gasteiger partial charge in [0.1, 0.15) is 0 Å². The van der Waals surface area contributed by atoms with Crippen LogP contribution in [-0.4, -0.2) is 18.3 Å². The summed E-state index contributed by atoms with van der Waals surface area (Å²) in [6.07, 6.45) is 1.76. The summed E-state index contributed by atoms with van der Waals surface area (Å²) in [5, 5.41) is 0. The molecule has 0 aromatic heterocycles. The van der Waals surface area contributed by atoms with E-state index in [-0.39, 0.29) is 11.6 Å². The fourth-order valence-corrected chi connectivity index (χ4v) is 2.58. The van der Waals surface area contributed by atoms with Crippen molar-refractivity contribution in [1.82, 2.24) is 4.90 Å². The molecule has 0 aliphatic carbocycles. The number of fused-ring (bicyclic) bond motifs is 1. The molecule has 1 aliphatic heterocycles. The molecule has 21 heavy (non-hydrogen) atoms. The molecule has 108 valence electrons. The molecule has 2 aromatic rings. The number of aliphatic imine (C=N–C) groups is 1. The van der Waals surface area contributed by atoms with Crippen molar-refractivity contribution >= 4 is 28.0 Å². The number of halogens is 2. The van der Waals surface area contributed by atoms with E-state index in [0.717, 1.165) is 16.6 Å². The quantitative estimate of drug-likeness (QED) is 0.827. The van der Waals surface area contributed by atoms with E-state index in [1.165, 1.54) is 18.7 Å². The van der Waals surface area contributed by atoms with Crippen LogP contribution in [0.25, 0.3) is 0 Å². The number of hydrogen-bond donors (Lipinski definition) is 0. The van der Waals surface area contributed by atoms with Gasteiger partial charge in [-0.25, -0.2) is 9.38 Å². The van der Waals surface area contributed by atoms with Gasteiger partial charge in [0, 0.05) is 29.2 Å². The van der Waals surface area contributed by atoms with E-state index in [2.05, 4.69) is 38.0 Å². The smallest absolute Gasteiger partial charge is 0.167 e. The summed E-state index contributed by atoms with van der Waals surface area (Å²) >= 11 is 3.43. The normalized spacial score (nSPS) is 13.2. The summed E-state index contributed by atoms with van der Waals surface area (Å²) in [5.74, 6) is -0.121. The number of hydrogen-bond acceptors (Lipinski definition) is 3. The third kappa shape index (κ3) is 3.08. The Hall–Kier alpha value is -1.88. The summed E-state index contributed by atoms with van der Waals surface area (Å²) in [5.41, 5.74) is 2.83. The van der Waals surface area contributed by atoms with E-state index >= 15 is 0 Å². The minimum Gasteiger partial charge on any atom is -0.494 e. The van der Waals surface area contributed by atoms with Gasteiger partial charge >= 0.3 is 0 Å². The van der Waals surface area contributed by atoms with Gasteiger partial charge in [-0.05, 0) is 23.8 Å². The molecule has 0 atom stereocenters. The van der Waals surface area contributed by atoms with Gasteiger partial charge in [-0.3, -0.25) is 0 Å². The Kier molecular flexibility index (Phi) is 3.92. The topological polar surface area (TPSA) is 24.8 Å². The average Bonchev–Trinajstić information content (AvgIpc) is 2.49. The largest absolute Gasteiger partial charge is 0.494 e. The molecule has 0 saturated heterocycles. The highest BCUT2D eigenvalue weighted by Crippen LogP contribution is 2.31. The minimum absolute atomic E-state index is 0.259. The molecule has 0 radical (unpaired) electrons. The van der Waals surface area contributed by atoms with E-state index in [1.54, 1.807) is 12.4 Å². The van der Waals surface area contributed by atoms with Crippen LogP contribution in [0.3, 0.4) is 0 Å². The van der Waals surface area contributed by atoms with E-state index in [9.17, 15) is 4.39 Å². The maximum absolute atomic E-state index is 13.6. The summed E-state index contributed by atoms with van der Waals surface area (Å²) in [4.78, 5) is 6.41. The molecule has 2 aromatic carbocycles. The fraction of sp³-hybridized carbons (Fsp3) is 0.188. The molecular formula is C16H14BrFN2O. The van der Waals surface area contributed by atoms with E-state index in [1.807, 2.05) is 12.1 Å². The standard InChI is InChI=1S/C16H14BrFN2O/c1-21-16-6-12-9-20(10-19-15(12)7-14(16)18)8-11-2-4-13(17)5-3-11/h2-7,10H,8-9H2,1H3. The lowest BCUT2D eigenvalue weighted by Gasteiger charge is -2.25. The molecule has 0 spiro atoms. The molecular weight excluding hydrogens is 335 g/mol. The number of methoxy groups -OCH3 is 1. The van der Waals surface area contributed by atoms with Crippen molar-refractivity contribution < 1.29 is 9.13 Å². The van der Waals surface area contributed by atoms with Crippen LogP contribution < -0.4 is 4.74 Å². The Labute approximate surface area is 131 Å². The Morgan fingerprint density at radius 1 is 1.29 bits per heavy atom. The molecule has 1 heterocycles. The SMILES string of the molecule is COc1cc2c(cc1F)N=CN(Cc1ccc(Br)cc1)C2. The van der Waals surface area contributed by atoms with Crippen molar-refractivity contribution in [3.8, 4) is 5.75 Å². The molecule has 5 heteroatoms. The van der Waals surface area contributed by atoms with Crippen LogP contribution in [0.1, 0.15) is 11.1 Å². The van der Waals surface area contributed by atoms with Crippen molar-refractivity contribution in [3.05, 3.63) is 57.8 Å². The van der Waals surface area contributed by atoms with Gasteiger partial charge in [0.25, 0.3) is 0 Å². The van der Waals surface area contributed by atoms with Crippen LogP contribution in [0.4, 0.5) is 10.1 Å². The lowest BCUT2D eigenvalue weighted by Crippen LogP contribution is -2.23. The molecule has 1 aliphatic rings. The Balaban J connectivity index is 1.79. The van der Waals surface area contributed by atoms with E-state index in [4.69, 9.17) is 4.74 Å². The molecule has 0 amide bonds. The van der Waals surface area contributed by atoms with Crippen LogP contribution in [0.2, 0.25) is 0 Å². The maximum atomic E-state index is 13.6. The van der Waals surface area contributed by atoms with Crippen LogP contribution in [0, 0.1) is 5.82 Å². The third-order valence-electron chi connectivity index (χ3n) is 3.39. The number of ether oxygens (including phenoxy) is 1. The molecule has 0 N–H and O–H groups in total. The van der Waals surface area contributed by atoms with Crippen molar-refractivity contribution in [2.75, 3.05) is 7.11 Å². The van der Waals surface area contributed by atoms with Crippen LogP contribution >= 0.6 is 15.9 Å². The molecule has 0 saturated carbocycles. The predicted octanol–water partition coefficient (Wildman–Crippen LogP) is 4.27. The van der Waals surface area contributed by atoms with Gasteiger partial charge in [-0.2, -0.15) is 0 Å². The van der Waals surface area contributed by atoms with Gasteiger partial charge < -0.3 is 9.64 Å². The van der Waals surface area contributed by atoms with Gasteiger partial charge in [0.15, 0.2) is 11.6 Å². The second-order valence-corrected chi connectivity index (χ2v) is 5.81. The highest BCUT2D eigenvalue weighted by atomic mass is 79.9. The van der Waals surface area contributed by atoms with Crippen molar-refractivity contribution in [2.24, 2.45) is 4.99 Å². The Bertz CT molecular complexity index is 685. The highest BCUT2D eigenvalue weighted by molar-refractivity contribution is 9.10. The van der Waals surface area contributed by atoms with Gasteiger partial charge in [-0.1, -0.05) is 28.1 Å². The van der Waals surface area contributed by atoms with Crippen molar-refractivity contribution in [3.63, 3.8) is 0 Å². The van der Waals surface area contributed by atoms with E-state index in [0.29, 0.717) is 12.2 Å². The second kappa shape index (κ2) is 5.85. The number of rotatable bonds is 3. The second-order valence-electron chi connectivity index (χ2n) is 4.89. The predicted molar refractivity (Wildman–Crippen MR) is 84.5 cm³/mol. The van der Waals surface area contributed by atoms with Gasteiger partial charge in [-0.15, -0.1) is 0 Å². The monoisotopic (exact) mass is 348 g/mol. The molecule has 3 nitrogen and oxygen atoms in total. The first-order valence-electron chi connectivity index (χ1n) is 6.55. The van der Waals surface area contributed by atoms with Gasteiger partial charge in [0.05, 0.1) is 19.1 Å². The van der Waals surface area contributed by atoms with Crippen LogP contribution in [0.5, 0.6) is 5.75 Å². The minimum atomic E-state index is -0.380. The summed E-state index contributed by atoms with van der Waals surface area (Å²) in [6, 6.07) is 11.3. The number of nitrogens with zero attached hydrogens (tertiary/aromatic N) is 2. The maximum Gasteiger partial charge on any atom is 0.167 e. The average molecular weight is 349 g/mol.